The van der Waals surface area contributed by atoms with Crippen LogP contribution in [0.1, 0.15) is 23.8 Å². The van der Waals surface area contributed by atoms with Gasteiger partial charge in [-0.25, -0.2) is 4.98 Å². The molecule has 7 heteroatoms. The highest BCUT2D eigenvalue weighted by atomic mass is 16.3. The summed E-state index contributed by atoms with van der Waals surface area (Å²) < 4.78 is 7.10. The van der Waals surface area contributed by atoms with Crippen molar-refractivity contribution in [3.8, 4) is 11.6 Å². The Morgan fingerprint density at radius 1 is 1.14 bits per heavy atom. The van der Waals surface area contributed by atoms with Crippen molar-refractivity contribution < 1.29 is 9.21 Å². The van der Waals surface area contributed by atoms with Crippen molar-refractivity contribution in [2.24, 2.45) is 0 Å². The second kappa shape index (κ2) is 10.8. The minimum Gasteiger partial charge on any atom is -0.458 e. The molecule has 3 aromatic heterocycles. The molecule has 7 nitrogen and oxygen atoms in total. The van der Waals surface area contributed by atoms with Crippen LogP contribution in [0.3, 0.4) is 0 Å². The number of carbonyl (C=O) groups is 1. The van der Waals surface area contributed by atoms with Gasteiger partial charge >= 0.3 is 0 Å². The molecule has 0 saturated carbocycles. The van der Waals surface area contributed by atoms with Gasteiger partial charge in [-0.05, 0) is 63.2 Å². The number of anilines is 1. The lowest BCUT2D eigenvalue weighted by Gasteiger charge is -1.98. The fraction of sp³-hybridized carbons (Fsp3) is 0.227. The quantitative estimate of drug-likeness (QED) is 0.514. The van der Waals surface area contributed by atoms with Crippen molar-refractivity contribution in [3.05, 3.63) is 71.5 Å². The number of nitrogens with one attached hydrogen (secondary N) is 1. The number of nitrogens with two attached hydrogens (primary N) is 1. The minimum absolute atomic E-state index is 0.551. The summed E-state index contributed by atoms with van der Waals surface area (Å²) in [5.41, 5.74) is 9.00. The summed E-state index contributed by atoms with van der Waals surface area (Å²) in [4.78, 5) is 13.2. The van der Waals surface area contributed by atoms with Gasteiger partial charge < -0.3 is 20.3 Å². The van der Waals surface area contributed by atoms with Gasteiger partial charge in [-0.3, -0.25) is 0 Å². The zero-order chi connectivity index (χ0) is 21.2. The van der Waals surface area contributed by atoms with Crippen molar-refractivity contribution in [1.82, 2.24) is 19.9 Å². The molecule has 0 aliphatic heterocycles. The third kappa shape index (κ3) is 6.29. The van der Waals surface area contributed by atoms with Crippen molar-refractivity contribution in [2.75, 3.05) is 12.8 Å². The van der Waals surface area contributed by atoms with Crippen LogP contribution in [-0.2, 0) is 11.3 Å². The smallest absolute Gasteiger partial charge is 0.217 e. The van der Waals surface area contributed by atoms with Gasteiger partial charge in [-0.1, -0.05) is 30.3 Å². The van der Waals surface area contributed by atoms with E-state index in [1.165, 1.54) is 12.5 Å². The van der Waals surface area contributed by atoms with Crippen molar-refractivity contribution in [3.63, 3.8) is 0 Å². The molecule has 3 heterocycles. The maximum atomic E-state index is 8.81. The number of hydrogen-bond donors (Lipinski definition) is 2. The first-order chi connectivity index (χ1) is 14.0. The lowest BCUT2D eigenvalue weighted by Crippen LogP contribution is -2.04. The van der Waals surface area contributed by atoms with Gasteiger partial charge in [0.25, 0.3) is 0 Å². The predicted octanol–water partition coefficient (Wildman–Crippen LogP) is 3.80. The lowest BCUT2D eigenvalue weighted by molar-refractivity contribution is -0.106. The molecule has 1 aromatic carbocycles. The van der Waals surface area contributed by atoms with Gasteiger partial charge in [0, 0.05) is 6.54 Å². The number of fused-ring (bicyclic) bond motifs is 1. The summed E-state index contributed by atoms with van der Waals surface area (Å²) in [6.07, 6.45) is 0.750. The van der Waals surface area contributed by atoms with E-state index in [4.69, 9.17) is 14.9 Å². The zero-order valence-corrected chi connectivity index (χ0v) is 17.2. The average molecular weight is 393 g/mol. The van der Waals surface area contributed by atoms with Crippen LogP contribution < -0.4 is 11.1 Å². The molecular formula is C22H27N5O2. The van der Waals surface area contributed by atoms with Gasteiger partial charge in [0.05, 0.1) is 0 Å². The molecule has 0 bridgehead atoms. The summed E-state index contributed by atoms with van der Waals surface area (Å²) in [7, 11) is 1.95. The van der Waals surface area contributed by atoms with Gasteiger partial charge in [-0.15, -0.1) is 5.10 Å². The standard InChI is InChI=1S/C12H12N4O.C8H11N.C2H4O/c1-7-5-10(13)16-11(6-7)14-12(15-16)9-4-3-8(2)17-9;1-9-7-8-5-3-2-4-6-8;1-2-3/h3-6H,13H2,1-2H3;2-6,9H,7H2,1H3;2H,1H3. The molecular weight excluding hydrogens is 366 g/mol. The highest BCUT2D eigenvalue weighted by Crippen LogP contribution is 2.20. The maximum absolute atomic E-state index is 8.81. The Bertz CT molecular complexity index is 1040. The molecule has 0 unspecified atom stereocenters. The van der Waals surface area contributed by atoms with Gasteiger partial charge in [-0.2, -0.15) is 4.52 Å². The Morgan fingerprint density at radius 3 is 2.41 bits per heavy atom. The van der Waals surface area contributed by atoms with E-state index >= 15 is 0 Å². The molecule has 29 heavy (non-hydrogen) atoms. The minimum atomic E-state index is 0.551. The molecule has 4 rings (SSSR count). The predicted molar refractivity (Wildman–Crippen MR) is 116 cm³/mol. The number of hydrogen-bond acceptors (Lipinski definition) is 6. The highest BCUT2D eigenvalue weighted by Gasteiger charge is 2.11. The molecule has 152 valence electrons. The molecule has 0 fully saturated rings. The number of benzene rings is 1. The topological polar surface area (TPSA) is 98.5 Å². The zero-order valence-electron chi connectivity index (χ0n) is 17.2. The number of furan rings is 1. The number of rotatable bonds is 3. The Balaban J connectivity index is 0.000000211. The first-order valence-corrected chi connectivity index (χ1v) is 9.26. The van der Waals surface area contributed by atoms with Gasteiger partial charge in [0.2, 0.25) is 5.82 Å². The summed E-state index contributed by atoms with van der Waals surface area (Å²) >= 11 is 0. The lowest BCUT2D eigenvalue weighted by atomic mass is 10.2. The second-order valence-corrected chi connectivity index (χ2v) is 6.32. The molecule has 0 aliphatic rings. The van der Waals surface area contributed by atoms with Crippen LogP contribution in [0.15, 0.2) is 59.0 Å². The van der Waals surface area contributed by atoms with Crippen LogP contribution in [0.25, 0.3) is 17.2 Å². The summed E-state index contributed by atoms with van der Waals surface area (Å²) in [5, 5.41) is 7.41. The van der Waals surface area contributed by atoms with Crippen molar-refractivity contribution in [1.29, 1.82) is 0 Å². The average Bonchev–Trinajstić information content (AvgIpc) is 3.30. The van der Waals surface area contributed by atoms with E-state index in [0.29, 0.717) is 17.4 Å². The number of aromatic nitrogens is 3. The molecule has 3 N–H and O–H groups in total. The normalized spacial score (nSPS) is 9.93. The molecule has 4 aromatic rings. The Morgan fingerprint density at radius 2 is 1.83 bits per heavy atom. The largest absolute Gasteiger partial charge is 0.458 e. The third-order valence-corrected chi connectivity index (χ3v) is 3.79. The monoisotopic (exact) mass is 393 g/mol. The SMILES string of the molecule is CC=O.CNCc1ccccc1.Cc1cc(N)n2nc(-c3ccc(C)o3)nc2c1. The van der Waals surface area contributed by atoms with E-state index in [1.54, 1.807) is 4.52 Å². The van der Waals surface area contributed by atoms with Gasteiger partial charge in [0.15, 0.2) is 11.4 Å². The van der Waals surface area contributed by atoms with E-state index in [1.807, 2.05) is 63.4 Å². The van der Waals surface area contributed by atoms with E-state index in [9.17, 15) is 0 Å². The Labute approximate surface area is 170 Å². The number of pyridine rings is 1. The van der Waals surface area contributed by atoms with E-state index in [2.05, 4.69) is 27.5 Å². The first kappa shape index (κ1) is 21.8. The number of carbonyl (C=O) groups excluding carboxylic acids is 1. The van der Waals surface area contributed by atoms with E-state index < -0.39 is 0 Å². The number of nitrogen functional groups attached to an aromatic ring is 1. The number of aryl methyl sites for hydroxylation is 2. The molecule has 0 atom stereocenters. The van der Waals surface area contributed by atoms with Crippen LogP contribution in [0.5, 0.6) is 0 Å². The van der Waals surface area contributed by atoms with Crippen LogP contribution >= 0.6 is 0 Å². The van der Waals surface area contributed by atoms with Crippen LogP contribution in [0.4, 0.5) is 5.82 Å². The Hall–Kier alpha value is -3.45. The first-order valence-electron chi connectivity index (χ1n) is 9.26. The highest BCUT2D eigenvalue weighted by molar-refractivity contribution is 5.56. The molecule has 0 aliphatic carbocycles. The summed E-state index contributed by atoms with van der Waals surface area (Å²) in [6.45, 7) is 6.26. The van der Waals surface area contributed by atoms with Gasteiger partial charge in [0.1, 0.15) is 17.9 Å². The van der Waals surface area contributed by atoms with E-state index in [-0.39, 0.29) is 0 Å². The fourth-order valence-electron chi connectivity index (χ4n) is 2.61. The maximum Gasteiger partial charge on any atom is 0.217 e. The fourth-order valence-corrected chi connectivity index (χ4v) is 2.61. The van der Waals surface area contributed by atoms with Crippen LogP contribution in [0, 0.1) is 13.8 Å². The molecule has 0 amide bonds. The third-order valence-electron chi connectivity index (χ3n) is 3.79. The molecule has 0 saturated heterocycles. The molecule has 0 spiro atoms. The van der Waals surface area contributed by atoms with Crippen molar-refractivity contribution >= 4 is 17.8 Å². The number of aldehydes is 1. The van der Waals surface area contributed by atoms with Crippen LogP contribution in [0.2, 0.25) is 0 Å². The van der Waals surface area contributed by atoms with Crippen LogP contribution in [-0.4, -0.2) is 27.9 Å². The second-order valence-electron chi connectivity index (χ2n) is 6.32. The van der Waals surface area contributed by atoms with Crippen molar-refractivity contribution in [2.45, 2.75) is 27.3 Å². The summed E-state index contributed by atoms with van der Waals surface area (Å²) in [6, 6.07) is 17.9. The Kier molecular flexibility index (Phi) is 8.12. The molecule has 0 radical (unpaired) electrons. The number of nitrogens with zero attached hydrogens (tertiary/aromatic N) is 3. The van der Waals surface area contributed by atoms with E-state index in [0.717, 1.165) is 29.8 Å². The summed E-state index contributed by atoms with van der Waals surface area (Å²) in [5.74, 6) is 2.61.